The number of para-hydroxylation sites is 1. The number of hydrogen-bond donors (Lipinski definition) is 2. The van der Waals surface area contributed by atoms with Gasteiger partial charge in [0, 0.05) is 37.8 Å². The lowest BCUT2D eigenvalue weighted by atomic mass is 10.1. The summed E-state index contributed by atoms with van der Waals surface area (Å²) in [6.45, 7) is 7.38. The first-order valence-electron chi connectivity index (χ1n) is 10.4. The minimum Gasteiger partial charge on any atom is -0.488 e. The molecule has 0 saturated carbocycles. The second kappa shape index (κ2) is 11.4. The smallest absolute Gasteiger partial charge is 0.191 e. The maximum absolute atomic E-state index is 6.02. The Morgan fingerprint density at radius 2 is 2.00 bits per heavy atom. The minimum atomic E-state index is 0. The highest BCUT2D eigenvalue weighted by Crippen LogP contribution is 2.27. The van der Waals surface area contributed by atoms with Crippen LogP contribution in [-0.2, 0) is 17.7 Å². The first kappa shape index (κ1) is 22.6. The van der Waals surface area contributed by atoms with Gasteiger partial charge in [0.1, 0.15) is 17.7 Å². The number of rotatable bonds is 6. The number of hydrogen-bond acceptors (Lipinski definition) is 5. The predicted molar refractivity (Wildman–Crippen MR) is 130 cm³/mol. The molecular weight excluding hydrogens is 493 g/mol. The maximum atomic E-state index is 6.02. The van der Waals surface area contributed by atoms with E-state index in [0.717, 1.165) is 62.4 Å². The molecule has 1 unspecified atom stereocenters. The molecule has 8 heteroatoms. The van der Waals surface area contributed by atoms with Crippen molar-refractivity contribution in [2.45, 2.75) is 26.0 Å². The van der Waals surface area contributed by atoms with Gasteiger partial charge in [-0.05, 0) is 24.6 Å². The molecule has 1 atom stereocenters. The Hall–Kier alpha value is -2.07. The Morgan fingerprint density at radius 1 is 1.17 bits per heavy atom. The van der Waals surface area contributed by atoms with Crippen LogP contribution in [0.25, 0.3) is 0 Å². The molecular formula is C22H30IN5O2. The summed E-state index contributed by atoms with van der Waals surface area (Å²) in [5.74, 6) is 2.79. The van der Waals surface area contributed by atoms with Gasteiger partial charge in [-0.1, -0.05) is 24.3 Å². The second-order valence-corrected chi connectivity index (χ2v) is 7.21. The zero-order valence-electron chi connectivity index (χ0n) is 17.3. The standard InChI is InChI=1S/C22H29N5O2.HI/c1-2-23-22(26-16-19-14-17-6-3-4-8-20(17)29-19)25-15-18-7-5-9-24-21(18)27-10-12-28-13-11-27;/h3-9,19H,2,10-16H2,1H3,(H2,23,25,26);1H. The summed E-state index contributed by atoms with van der Waals surface area (Å²) in [4.78, 5) is 11.7. The van der Waals surface area contributed by atoms with Crippen LogP contribution in [0.1, 0.15) is 18.1 Å². The van der Waals surface area contributed by atoms with E-state index in [4.69, 9.17) is 14.5 Å². The number of ether oxygens (including phenoxy) is 2. The third-order valence-corrected chi connectivity index (χ3v) is 5.14. The van der Waals surface area contributed by atoms with Crippen LogP contribution in [0.4, 0.5) is 5.82 Å². The lowest BCUT2D eigenvalue weighted by Crippen LogP contribution is -2.42. The summed E-state index contributed by atoms with van der Waals surface area (Å²) in [6, 6.07) is 12.3. The van der Waals surface area contributed by atoms with Gasteiger partial charge in [-0.25, -0.2) is 9.98 Å². The van der Waals surface area contributed by atoms with Crippen LogP contribution in [0.3, 0.4) is 0 Å². The summed E-state index contributed by atoms with van der Waals surface area (Å²) in [5, 5.41) is 6.75. The number of guanidine groups is 1. The van der Waals surface area contributed by atoms with Crippen molar-refractivity contribution in [2.24, 2.45) is 4.99 Å². The van der Waals surface area contributed by atoms with Crippen molar-refractivity contribution in [1.29, 1.82) is 0 Å². The topological polar surface area (TPSA) is 71.0 Å². The molecule has 0 aliphatic carbocycles. The molecule has 2 N–H and O–H groups in total. The Kier molecular flexibility index (Phi) is 8.56. The summed E-state index contributed by atoms with van der Waals surface area (Å²) < 4.78 is 11.5. The van der Waals surface area contributed by atoms with Gasteiger partial charge < -0.3 is 25.0 Å². The molecule has 1 aromatic carbocycles. The van der Waals surface area contributed by atoms with Crippen molar-refractivity contribution in [3.8, 4) is 5.75 Å². The minimum absolute atomic E-state index is 0. The Morgan fingerprint density at radius 3 is 2.80 bits per heavy atom. The predicted octanol–water partition coefficient (Wildman–Crippen LogP) is 2.60. The number of pyridine rings is 1. The van der Waals surface area contributed by atoms with Gasteiger partial charge in [0.15, 0.2) is 5.96 Å². The van der Waals surface area contributed by atoms with Crippen molar-refractivity contribution in [3.05, 3.63) is 53.7 Å². The molecule has 2 aliphatic rings. The molecule has 2 aliphatic heterocycles. The lowest BCUT2D eigenvalue weighted by Gasteiger charge is -2.29. The monoisotopic (exact) mass is 523 g/mol. The molecule has 1 saturated heterocycles. The van der Waals surface area contributed by atoms with E-state index in [0.29, 0.717) is 13.1 Å². The molecule has 0 bridgehead atoms. The maximum Gasteiger partial charge on any atom is 0.191 e. The number of nitrogens with zero attached hydrogens (tertiary/aromatic N) is 3. The third-order valence-electron chi connectivity index (χ3n) is 5.14. The quantitative estimate of drug-likeness (QED) is 0.345. The Bertz CT molecular complexity index is 817. The normalized spacial score (nSPS) is 18.2. The summed E-state index contributed by atoms with van der Waals surface area (Å²) in [7, 11) is 0. The number of anilines is 1. The zero-order valence-corrected chi connectivity index (χ0v) is 19.7. The molecule has 2 aromatic rings. The van der Waals surface area contributed by atoms with E-state index < -0.39 is 0 Å². The zero-order chi connectivity index (χ0) is 19.9. The number of aliphatic imine (C=N–C) groups is 1. The molecule has 30 heavy (non-hydrogen) atoms. The van der Waals surface area contributed by atoms with Gasteiger partial charge in [0.2, 0.25) is 0 Å². The molecule has 0 spiro atoms. The number of fused-ring (bicyclic) bond motifs is 1. The Balaban J connectivity index is 0.00000256. The summed E-state index contributed by atoms with van der Waals surface area (Å²) in [6.07, 6.45) is 2.89. The average Bonchev–Trinajstić information content (AvgIpc) is 3.19. The van der Waals surface area contributed by atoms with Gasteiger partial charge in [-0.3, -0.25) is 0 Å². The number of benzene rings is 1. The first-order valence-corrected chi connectivity index (χ1v) is 10.4. The highest BCUT2D eigenvalue weighted by atomic mass is 127. The van der Waals surface area contributed by atoms with Crippen molar-refractivity contribution in [1.82, 2.24) is 15.6 Å². The van der Waals surface area contributed by atoms with Crippen LogP contribution in [-0.4, -0.2) is 56.4 Å². The van der Waals surface area contributed by atoms with Crippen LogP contribution in [0.5, 0.6) is 5.75 Å². The Labute approximate surface area is 195 Å². The SMILES string of the molecule is CCNC(=NCc1cccnc1N1CCOCC1)NCC1Cc2ccccc2O1.I. The molecule has 0 radical (unpaired) electrons. The van der Waals surface area contributed by atoms with E-state index in [1.807, 2.05) is 24.4 Å². The first-order chi connectivity index (χ1) is 14.3. The summed E-state index contributed by atoms with van der Waals surface area (Å²) >= 11 is 0. The van der Waals surface area contributed by atoms with Gasteiger partial charge in [0.25, 0.3) is 0 Å². The van der Waals surface area contributed by atoms with Crippen molar-refractivity contribution >= 4 is 35.8 Å². The van der Waals surface area contributed by atoms with Gasteiger partial charge in [0.05, 0.1) is 26.3 Å². The van der Waals surface area contributed by atoms with Crippen LogP contribution in [0, 0.1) is 0 Å². The highest BCUT2D eigenvalue weighted by molar-refractivity contribution is 14.0. The van der Waals surface area contributed by atoms with E-state index in [-0.39, 0.29) is 30.1 Å². The fourth-order valence-electron chi connectivity index (χ4n) is 3.70. The van der Waals surface area contributed by atoms with Gasteiger partial charge in [-0.2, -0.15) is 0 Å². The fraction of sp³-hybridized carbons (Fsp3) is 0.455. The van der Waals surface area contributed by atoms with E-state index in [1.165, 1.54) is 5.56 Å². The third kappa shape index (κ3) is 5.75. The molecule has 4 rings (SSSR count). The van der Waals surface area contributed by atoms with Crippen LogP contribution >= 0.6 is 24.0 Å². The van der Waals surface area contributed by atoms with Crippen LogP contribution in [0.15, 0.2) is 47.6 Å². The van der Waals surface area contributed by atoms with Gasteiger partial charge in [-0.15, -0.1) is 24.0 Å². The van der Waals surface area contributed by atoms with Crippen molar-refractivity contribution in [3.63, 3.8) is 0 Å². The number of morpholine rings is 1. The number of halogens is 1. The molecule has 162 valence electrons. The van der Waals surface area contributed by atoms with E-state index in [9.17, 15) is 0 Å². The van der Waals surface area contributed by atoms with E-state index in [1.54, 1.807) is 0 Å². The molecule has 1 aromatic heterocycles. The van der Waals surface area contributed by atoms with Crippen LogP contribution < -0.4 is 20.3 Å². The van der Waals surface area contributed by atoms with E-state index in [2.05, 4.69) is 45.6 Å². The molecule has 7 nitrogen and oxygen atoms in total. The average molecular weight is 523 g/mol. The number of aromatic nitrogens is 1. The van der Waals surface area contributed by atoms with Gasteiger partial charge >= 0.3 is 0 Å². The lowest BCUT2D eigenvalue weighted by molar-refractivity contribution is 0.122. The largest absolute Gasteiger partial charge is 0.488 e. The molecule has 1 fully saturated rings. The number of nitrogens with one attached hydrogen (secondary N) is 2. The highest BCUT2D eigenvalue weighted by Gasteiger charge is 2.22. The molecule has 3 heterocycles. The fourth-order valence-corrected chi connectivity index (χ4v) is 3.70. The van der Waals surface area contributed by atoms with Crippen molar-refractivity contribution in [2.75, 3.05) is 44.3 Å². The van der Waals surface area contributed by atoms with Crippen molar-refractivity contribution < 1.29 is 9.47 Å². The molecule has 0 amide bonds. The summed E-state index contributed by atoms with van der Waals surface area (Å²) in [5.41, 5.74) is 2.39. The van der Waals surface area contributed by atoms with E-state index >= 15 is 0 Å². The second-order valence-electron chi connectivity index (χ2n) is 7.21. The van der Waals surface area contributed by atoms with Crippen LogP contribution in [0.2, 0.25) is 0 Å².